The SMILES string of the molecule is CCOC(=O)/C=C/c1ccc(NC(=O)N(C)Cc2cccc(Cl)c2)cc1. The van der Waals surface area contributed by atoms with E-state index in [1.807, 2.05) is 30.3 Å². The van der Waals surface area contributed by atoms with Gasteiger partial charge < -0.3 is 15.0 Å². The number of nitrogens with zero attached hydrogens (tertiary/aromatic N) is 1. The van der Waals surface area contributed by atoms with E-state index in [1.165, 1.54) is 6.08 Å². The van der Waals surface area contributed by atoms with Crippen molar-refractivity contribution in [2.45, 2.75) is 13.5 Å². The Balaban J connectivity index is 1.91. The van der Waals surface area contributed by atoms with Gasteiger partial charge in [-0.05, 0) is 48.4 Å². The fraction of sp³-hybridized carbons (Fsp3) is 0.200. The van der Waals surface area contributed by atoms with Crippen molar-refractivity contribution in [3.63, 3.8) is 0 Å². The van der Waals surface area contributed by atoms with Crippen molar-refractivity contribution in [2.75, 3.05) is 19.0 Å². The third-order valence-electron chi connectivity index (χ3n) is 3.52. The van der Waals surface area contributed by atoms with Crippen molar-refractivity contribution >= 4 is 35.4 Å². The maximum atomic E-state index is 12.3. The Kier molecular flexibility index (Phi) is 7.24. The second-order valence-corrected chi connectivity index (χ2v) is 6.06. The lowest BCUT2D eigenvalue weighted by Crippen LogP contribution is -2.30. The van der Waals surface area contributed by atoms with Gasteiger partial charge in [-0.25, -0.2) is 9.59 Å². The first kappa shape index (κ1) is 19.5. The number of carbonyl (C=O) groups is 2. The Labute approximate surface area is 158 Å². The molecule has 2 amide bonds. The molecule has 0 fully saturated rings. The number of nitrogens with one attached hydrogen (secondary N) is 1. The van der Waals surface area contributed by atoms with Crippen LogP contribution in [0, 0.1) is 0 Å². The summed E-state index contributed by atoms with van der Waals surface area (Å²) in [6.07, 6.45) is 3.03. The third-order valence-corrected chi connectivity index (χ3v) is 3.75. The number of halogens is 1. The molecule has 0 bridgehead atoms. The van der Waals surface area contributed by atoms with Crippen molar-refractivity contribution in [2.24, 2.45) is 0 Å². The summed E-state index contributed by atoms with van der Waals surface area (Å²) in [4.78, 5) is 25.1. The summed E-state index contributed by atoms with van der Waals surface area (Å²) in [5.41, 5.74) is 2.46. The lowest BCUT2D eigenvalue weighted by molar-refractivity contribution is -0.137. The highest BCUT2D eigenvalue weighted by Crippen LogP contribution is 2.14. The number of urea groups is 1. The van der Waals surface area contributed by atoms with Crippen molar-refractivity contribution in [1.82, 2.24) is 4.90 Å². The Morgan fingerprint density at radius 1 is 1.19 bits per heavy atom. The fourth-order valence-corrected chi connectivity index (χ4v) is 2.44. The van der Waals surface area contributed by atoms with E-state index in [9.17, 15) is 9.59 Å². The number of esters is 1. The predicted octanol–water partition coefficient (Wildman–Crippen LogP) is 4.58. The number of ether oxygens (including phenoxy) is 1. The van der Waals surface area contributed by atoms with Gasteiger partial charge in [-0.2, -0.15) is 0 Å². The topological polar surface area (TPSA) is 58.6 Å². The first-order valence-corrected chi connectivity index (χ1v) is 8.57. The van der Waals surface area contributed by atoms with E-state index >= 15 is 0 Å². The Morgan fingerprint density at radius 2 is 1.92 bits per heavy atom. The van der Waals surface area contributed by atoms with Gasteiger partial charge in [-0.15, -0.1) is 0 Å². The first-order chi connectivity index (χ1) is 12.5. The molecule has 0 heterocycles. The van der Waals surface area contributed by atoms with Gasteiger partial charge in [-0.3, -0.25) is 0 Å². The van der Waals surface area contributed by atoms with Crippen LogP contribution in [-0.4, -0.2) is 30.6 Å². The molecule has 2 aromatic rings. The van der Waals surface area contributed by atoms with Crippen molar-refractivity contribution in [3.05, 3.63) is 70.8 Å². The summed E-state index contributed by atoms with van der Waals surface area (Å²) < 4.78 is 4.83. The maximum Gasteiger partial charge on any atom is 0.330 e. The summed E-state index contributed by atoms with van der Waals surface area (Å²) in [7, 11) is 1.71. The first-order valence-electron chi connectivity index (χ1n) is 8.19. The van der Waals surface area contributed by atoms with Crippen LogP contribution < -0.4 is 5.32 Å². The molecular weight excluding hydrogens is 352 g/mol. The zero-order valence-corrected chi connectivity index (χ0v) is 15.5. The number of benzene rings is 2. The highest BCUT2D eigenvalue weighted by molar-refractivity contribution is 6.30. The second kappa shape index (κ2) is 9.63. The second-order valence-electron chi connectivity index (χ2n) is 5.62. The molecular formula is C20H21ClN2O3. The van der Waals surface area contributed by atoms with Crippen LogP contribution in [0.2, 0.25) is 5.02 Å². The number of hydrogen-bond donors (Lipinski definition) is 1. The van der Waals surface area contributed by atoms with Crippen LogP contribution in [0.4, 0.5) is 10.5 Å². The zero-order chi connectivity index (χ0) is 18.9. The molecule has 0 spiro atoms. The van der Waals surface area contributed by atoms with Crippen LogP contribution in [0.25, 0.3) is 6.08 Å². The molecule has 26 heavy (non-hydrogen) atoms. The Morgan fingerprint density at radius 3 is 2.58 bits per heavy atom. The van der Waals surface area contributed by atoms with Crippen LogP contribution in [0.1, 0.15) is 18.1 Å². The predicted molar refractivity (Wildman–Crippen MR) is 104 cm³/mol. The van der Waals surface area contributed by atoms with E-state index < -0.39 is 0 Å². The van der Waals surface area contributed by atoms with Crippen LogP contribution in [0.15, 0.2) is 54.6 Å². The van der Waals surface area contributed by atoms with E-state index in [2.05, 4.69) is 5.32 Å². The number of anilines is 1. The molecule has 0 atom stereocenters. The van der Waals surface area contributed by atoms with Crippen LogP contribution in [-0.2, 0) is 16.1 Å². The van der Waals surface area contributed by atoms with E-state index in [0.29, 0.717) is 23.9 Å². The monoisotopic (exact) mass is 372 g/mol. The van der Waals surface area contributed by atoms with E-state index in [1.54, 1.807) is 43.1 Å². The highest BCUT2D eigenvalue weighted by Gasteiger charge is 2.09. The van der Waals surface area contributed by atoms with Gasteiger partial charge in [-0.1, -0.05) is 35.9 Å². The normalized spacial score (nSPS) is 10.6. The molecule has 1 N–H and O–H groups in total. The average Bonchev–Trinajstić information content (AvgIpc) is 2.61. The molecule has 0 aliphatic carbocycles. The standard InChI is InChI=1S/C20H21ClN2O3/c1-3-26-19(24)12-9-15-7-10-18(11-8-15)22-20(25)23(2)14-16-5-4-6-17(21)13-16/h4-13H,3,14H2,1-2H3,(H,22,25)/b12-9+. The molecule has 0 saturated carbocycles. The highest BCUT2D eigenvalue weighted by atomic mass is 35.5. The zero-order valence-electron chi connectivity index (χ0n) is 14.7. The van der Waals surface area contributed by atoms with E-state index in [-0.39, 0.29) is 12.0 Å². The summed E-state index contributed by atoms with van der Waals surface area (Å²) in [6.45, 7) is 2.55. The molecule has 6 heteroatoms. The average molecular weight is 373 g/mol. The number of carbonyl (C=O) groups excluding carboxylic acids is 2. The molecule has 2 rings (SSSR count). The molecule has 0 aliphatic rings. The fourth-order valence-electron chi connectivity index (χ4n) is 2.23. The molecule has 5 nitrogen and oxygen atoms in total. The van der Waals surface area contributed by atoms with Crippen LogP contribution in [0.5, 0.6) is 0 Å². The van der Waals surface area contributed by atoms with Crippen LogP contribution in [0.3, 0.4) is 0 Å². The summed E-state index contributed by atoms with van der Waals surface area (Å²) in [5.74, 6) is -0.382. The minimum absolute atomic E-state index is 0.222. The summed E-state index contributed by atoms with van der Waals surface area (Å²) in [6, 6.07) is 14.3. The molecule has 0 unspecified atom stereocenters. The lowest BCUT2D eigenvalue weighted by atomic mass is 10.2. The van der Waals surface area contributed by atoms with Gasteiger partial charge in [0, 0.05) is 30.4 Å². The van der Waals surface area contributed by atoms with E-state index in [0.717, 1.165) is 11.1 Å². The smallest absolute Gasteiger partial charge is 0.330 e. The largest absolute Gasteiger partial charge is 0.463 e. The Bertz CT molecular complexity index is 788. The molecule has 2 aromatic carbocycles. The number of amides is 2. The minimum atomic E-state index is -0.382. The van der Waals surface area contributed by atoms with Gasteiger partial charge in [0.05, 0.1) is 6.61 Å². The molecule has 0 radical (unpaired) electrons. The van der Waals surface area contributed by atoms with Gasteiger partial charge in [0.15, 0.2) is 0 Å². The van der Waals surface area contributed by atoms with Gasteiger partial charge in [0.1, 0.15) is 0 Å². The van der Waals surface area contributed by atoms with Crippen molar-refractivity contribution in [3.8, 4) is 0 Å². The third kappa shape index (κ3) is 6.26. The Hall–Kier alpha value is -2.79. The van der Waals surface area contributed by atoms with E-state index in [4.69, 9.17) is 16.3 Å². The molecule has 0 aliphatic heterocycles. The number of rotatable bonds is 6. The molecule has 0 saturated heterocycles. The van der Waals surface area contributed by atoms with Crippen molar-refractivity contribution < 1.29 is 14.3 Å². The summed E-state index contributed by atoms with van der Waals surface area (Å²) in [5, 5.41) is 3.47. The quantitative estimate of drug-likeness (QED) is 0.596. The van der Waals surface area contributed by atoms with Gasteiger partial charge in [0.2, 0.25) is 0 Å². The minimum Gasteiger partial charge on any atom is -0.463 e. The summed E-state index contributed by atoms with van der Waals surface area (Å²) >= 11 is 5.96. The van der Waals surface area contributed by atoms with Gasteiger partial charge >= 0.3 is 12.0 Å². The van der Waals surface area contributed by atoms with Gasteiger partial charge in [0.25, 0.3) is 0 Å². The van der Waals surface area contributed by atoms with Crippen LogP contribution >= 0.6 is 11.6 Å². The molecule has 136 valence electrons. The maximum absolute atomic E-state index is 12.3. The molecule has 0 aromatic heterocycles. The van der Waals surface area contributed by atoms with Crippen molar-refractivity contribution in [1.29, 1.82) is 0 Å². The number of hydrogen-bond acceptors (Lipinski definition) is 3. The lowest BCUT2D eigenvalue weighted by Gasteiger charge is -2.18.